The van der Waals surface area contributed by atoms with Crippen LogP contribution in [0.3, 0.4) is 0 Å². The Morgan fingerprint density at radius 3 is 2.77 bits per heavy atom. The molecule has 22 heavy (non-hydrogen) atoms. The summed E-state index contributed by atoms with van der Waals surface area (Å²) in [5.41, 5.74) is 3.13. The highest BCUT2D eigenvalue weighted by Gasteiger charge is 2.26. The number of carbonyl (C=O) groups excluding carboxylic acids is 1. The van der Waals surface area contributed by atoms with Crippen LogP contribution in [0.25, 0.3) is 0 Å². The zero-order valence-corrected chi connectivity index (χ0v) is 13.3. The Morgan fingerprint density at radius 2 is 2.14 bits per heavy atom. The van der Waals surface area contributed by atoms with E-state index in [1.165, 1.54) is 5.56 Å². The standard InChI is InChI=1S/C18H23N3O/c1-3-14-6-8-15(9-7-14)18(22)21-10-4-5-16(12-21)17-19-11-13(2)20-17/h6-9,11,16H,3-5,10,12H2,1-2H3,(H,19,20). The lowest BCUT2D eigenvalue weighted by molar-refractivity contribution is 0.0705. The Balaban J connectivity index is 1.71. The highest BCUT2D eigenvalue weighted by molar-refractivity contribution is 5.94. The van der Waals surface area contributed by atoms with Gasteiger partial charge in [0.2, 0.25) is 0 Å². The van der Waals surface area contributed by atoms with Gasteiger partial charge in [-0.3, -0.25) is 4.79 Å². The molecule has 2 aromatic rings. The summed E-state index contributed by atoms with van der Waals surface area (Å²) in [6.45, 7) is 5.72. The quantitative estimate of drug-likeness (QED) is 0.945. The van der Waals surface area contributed by atoms with E-state index >= 15 is 0 Å². The fraction of sp³-hybridized carbons (Fsp3) is 0.444. The van der Waals surface area contributed by atoms with Crippen LogP contribution in [0.4, 0.5) is 0 Å². The third kappa shape index (κ3) is 3.06. The lowest BCUT2D eigenvalue weighted by Gasteiger charge is -2.32. The number of hydrogen-bond acceptors (Lipinski definition) is 2. The minimum Gasteiger partial charge on any atom is -0.346 e. The zero-order chi connectivity index (χ0) is 15.5. The molecule has 3 rings (SSSR count). The van der Waals surface area contributed by atoms with Gasteiger partial charge in [0, 0.05) is 36.5 Å². The maximum atomic E-state index is 12.7. The maximum Gasteiger partial charge on any atom is 0.253 e. The van der Waals surface area contributed by atoms with E-state index in [1.807, 2.05) is 42.3 Å². The summed E-state index contributed by atoms with van der Waals surface area (Å²) in [6, 6.07) is 7.98. The normalized spacial score (nSPS) is 18.5. The lowest BCUT2D eigenvalue weighted by Crippen LogP contribution is -2.39. The number of imidazole rings is 1. The third-order valence-electron chi connectivity index (χ3n) is 4.43. The molecule has 1 N–H and O–H groups in total. The highest BCUT2D eigenvalue weighted by Crippen LogP contribution is 2.26. The molecule has 1 amide bonds. The summed E-state index contributed by atoms with van der Waals surface area (Å²) >= 11 is 0. The van der Waals surface area contributed by atoms with E-state index in [-0.39, 0.29) is 5.91 Å². The molecule has 4 nitrogen and oxygen atoms in total. The number of carbonyl (C=O) groups is 1. The summed E-state index contributed by atoms with van der Waals surface area (Å²) in [5, 5.41) is 0. The summed E-state index contributed by atoms with van der Waals surface area (Å²) in [7, 11) is 0. The summed E-state index contributed by atoms with van der Waals surface area (Å²) in [6.07, 6.45) is 4.98. The number of benzene rings is 1. The first-order chi connectivity index (χ1) is 10.7. The van der Waals surface area contributed by atoms with Gasteiger partial charge in [0.1, 0.15) is 5.82 Å². The predicted octanol–water partition coefficient (Wildman–Crippen LogP) is 3.30. The number of nitrogens with one attached hydrogen (secondary N) is 1. The molecule has 0 aliphatic carbocycles. The average Bonchev–Trinajstić information content (AvgIpc) is 3.01. The number of piperidine rings is 1. The van der Waals surface area contributed by atoms with Crippen molar-refractivity contribution in [2.75, 3.05) is 13.1 Å². The first-order valence-electron chi connectivity index (χ1n) is 8.07. The highest BCUT2D eigenvalue weighted by atomic mass is 16.2. The number of rotatable bonds is 3. The maximum absolute atomic E-state index is 12.7. The smallest absolute Gasteiger partial charge is 0.253 e. The van der Waals surface area contributed by atoms with Crippen molar-refractivity contribution in [3.63, 3.8) is 0 Å². The second kappa shape index (κ2) is 6.34. The van der Waals surface area contributed by atoms with Gasteiger partial charge in [-0.25, -0.2) is 4.98 Å². The topological polar surface area (TPSA) is 49.0 Å². The van der Waals surface area contributed by atoms with Crippen LogP contribution in [0.2, 0.25) is 0 Å². The molecule has 1 aromatic heterocycles. The van der Waals surface area contributed by atoms with Gasteiger partial charge in [-0.2, -0.15) is 0 Å². The van der Waals surface area contributed by atoms with Crippen LogP contribution >= 0.6 is 0 Å². The number of aromatic amines is 1. The van der Waals surface area contributed by atoms with Gasteiger partial charge < -0.3 is 9.88 Å². The van der Waals surface area contributed by atoms with Gasteiger partial charge in [0.15, 0.2) is 0 Å². The molecule has 1 fully saturated rings. The Bertz CT molecular complexity index is 645. The molecule has 0 radical (unpaired) electrons. The van der Waals surface area contributed by atoms with Crippen molar-refractivity contribution in [1.82, 2.24) is 14.9 Å². The van der Waals surface area contributed by atoms with Crippen LogP contribution in [-0.4, -0.2) is 33.9 Å². The Labute approximate surface area is 131 Å². The van der Waals surface area contributed by atoms with E-state index in [1.54, 1.807) is 0 Å². The molecule has 0 bridgehead atoms. The van der Waals surface area contributed by atoms with Gasteiger partial charge in [-0.05, 0) is 43.9 Å². The number of likely N-dealkylation sites (tertiary alicyclic amines) is 1. The predicted molar refractivity (Wildman–Crippen MR) is 87.0 cm³/mol. The van der Waals surface area contributed by atoms with Crippen molar-refractivity contribution in [2.45, 2.75) is 39.0 Å². The second-order valence-corrected chi connectivity index (χ2v) is 6.09. The first-order valence-corrected chi connectivity index (χ1v) is 8.07. The Kier molecular flexibility index (Phi) is 4.27. The Morgan fingerprint density at radius 1 is 1.36 bits per heavy atom. The molecular formula is C18H23N3O. The molecule has 2 heterocycles. The molecule has 1 saturated heterocycles. The molecule has 1 aliphatic rings. The molecule has 1 atom stereocenters. The summed E-state index contributed by atoms with van der Waals surface area (Å²) < 4.78 is 0. The third-order valence-corrected chi connectivity index (χ3v) is 4.43. The molecular weight excluding hydrogens is 274 g/mol. The average molecular weight is 297 g/mol. The molecule has 1 aromatic carbocycles. The molecule has 4 heteroatoms. The number of nitrogens with zero attached hydrogens (tertiary/aromatic N) is 2. The van der Waals surface area contributed by atoms with E-state index in [0.29, 0.717) is 5.92 Å². The fourth-order valence-electron chi connectivity index (χ4n) is 3.09. The number of aryl methyl sites for hydroxylation is 2. The van der Waals surface area contributed by atoms with Crippen molar-refractivity contribution < 1.29 is 4.79 Å². The minimum absolute atomic E-state index is 0.135. The van der Waals surface area contributed by atoms with Crippen LogP contribution < -0.4 is 0 Å². The largest absolute Gasteiger partial charge is 0.346 e. The fourth-order valence-corrected chi connectivity index (χ4v) is 3.09. The van der Waals surface area contributed by atoms with E-state index < -0.39 is 0 Å². The van der Waals surface area contributed by atoms with Gasteiger partial charge in [-0.1, -0.05) is 19.1 Å². The van der Waals surface area contributed by atoms with Crippen LogP contribution in [0.15, 0.2) is 30.5 Å². The molecule has 0 saturated carbocycles. The number of aromatic nitrogens is 2. The van der Waals surface area contributed by atoms with Crippen LogP contribution in [0, 0.1) is 6.92 Å². The summed E-state index contributed by atoms with van der Waals surface area (Å²) in [5.74, 6) is 1.47. The SMILES string of the molecule is CCc1ccc(C(=O)N2CCCC(c3ncc(C)[nH]3)C2)cc1. The van der Waals surface area contributed by atoms with E-state index in [0.717, 1.165) is 49.4 Å². The number of H-pyrrole nitrogens is 1. The van der Waals surface area contributed by atoms with Gasteiger partial charge in [0.05, 0.1) is 0 Å². The summed E-state index contributed by atoms with van der Waals surface area (Å²) in [4.78, 5) is 22.4. The van der Waals surface area contributed by atoms with Crippen molar-refractivity contribution >= 4 is 5.91 Å². The second-order valence-electron chi connectivity index (χ2n) is 6.09. The monoisotopic (exact) mass is 297 g/mol. The van der Waals surface area contributed by atoms with E-state index in [2.05, 4.69) is 16.9 Å². The zero-order valence-electron chi connectivity index (χ0n) is 13.3. The molecule has 1 aliphatic heterocycles. The number of amides is 1. The van der Waals surface area contributed by atoms with Crippen molar-refractivity contribution in [3.8, 4) is 0 Å². The Hall–Kier alpha value is -2.10. The molecule has 116 valence electrons. The molecule has 1 unspecified atom stereocenters. The van der Waals surface area contributed by atoms with E-state index in [9.17, 15) is 4.79 Å². The van der Waals surface area contributed by atoms with Gasteiger partial charge in [-0.15, -0.1) is 0 Å². The minimum atomic E-state index is 0.135. The lowest BCUT2D eigenvalue weighted by atomic mass is 9.96. The molecule has 0 spiro atoms. The van der Waals surface area contributed by atoms with Crippen LogP contribution in [0.1, 0.15) is 53.1 Å². The van der Waals surface area contributed by atoms with Gasteiger partial charge >= 0.3 is 0 Å². The number of hydrogen-bond donors (Lipinski definition) is 1. The van der Waals surface area contributed by atoms with E-state index in [4.69, 9.17) is 0 Å². The van der Waals surface area contributed by atoms with Crippen molar-refractivity contribution in [1.29, 1.82) is 0 Å². The van der Waals surface area contributed by atoms with Crippen LogP contribution in [-0.2, 0) is 6.42 Å². The van der Waals surface area contributed by atoms with Crippen LogP contribution in [0.5, 0.6) is 0 Å². The van der Waals surface area contributed by atoms with Gasteiger partial charge in [0.25, 0.3) is 5.91 Å². The van der Waals surface area contributed by atoms with Crippen molar-refractivity contribution in [2.24, 2.45) is 0 Å². The van der Waals surface area contributed by atoms with Crippen molar-refractivity contribution in [3.05, 3.63) is 53.1 Å². The first kappa shape index (κ1) is 14.8.